The average Bonchev–Trinajstić information content (AvgIpc) is 2.96. The Morgan fingerprint density at radius 3 is 2.22 bits per heavy atom. The van der Waals surface area contributed by atoms with Gasteiger partial charge in [-0.3, -0.25) is 0 Å². The molecule has 120 valence electrons. The highest BCUT2D eigenvalue weighted by Crippen LogP contribution is 2.34. The lowest BCUT2D eigenvalue weighted by molar-refractivity contribution is 0.355. The Kier molecular flexibility index (Phi) is 3.80. The zero-order chi connectivity index (χ0) is 16.6. The van der Waals surface area contributed by atoms with Gasteiger partial charge < -0.3 is 14.5 Å². The van der Waals surface area contributed by atoms with Gasteiger partial charge in [-0.15, -0.1) is 0 Å². The van der Waals surface area contributed by atoms with Crippen LogP contribution < -0.4 is 9.47 Å². The number of hydrogen-bond acceptors (Lipinski definition) is 2. The van der Waals surface area contributed by atoms with Crippen molar-refractivity contribution < 1.29 is 9.47 Å². The summed E-state index contributed by atoms with van der Waals surface area (Å²) in [5, 5.41) is 1.22. The molecule has 0 aliphatic carbocycles. The minimum atomic E-state index is 0.148. The first-order chi connectivity index (χ1) is 10.9. The summed E-state index contributed by atoms with van der Waals surface area (Å²) in [5.74, 6) is 1.47. The second-order valence-electron chi connectivity index (χ2n) is 6.80. The molecule has 1 heterocycles. The van der Waals surface area contributed by atoms with Gasteiger partial charge in [0, 0.05) is 22.2 Å². The molecule has 0 fully saturated rings. The predicted molar refractivity (Wildman–Crippen MR) is 95.5 cm³/mol. The van der Waals surface area contributed by atoms with E-state index in [1.165, 1.54) is 10.9 Å². The van der Waals surface area contributed by atoms with Crippen LogP contribution in [0.2, 0.25) is 0 Å². The molecule has 1 N–H and O–H groups in total. The lowest BCUT2D eigenvalue weighted by atomic mass is 9.86. The number of fused-ring (bicyclic) bond motifs is 1. The molecule has 0 saturated carbocycles. The number of aromatic nitrogens is 1. The van der Waals surface area contributed by atoms with Gasteiger partial charge in [0.1, 0.15) is 0 Å². The van der Waals surface area contributed by atoms with Crippen molar-refractivity contribution in [1.29, 1.82) is 0 Å². The van der Waals surface area contributed by atoms with E-state index in [1.807, 2.05) is 18.2 Å². The van der Waals surface area contributed by atoms with Crippen molar-refractivity contribution in [3.8, 4) is 22.8 Å². The minimum Gasteiger partial charge on any atom is -0.493 e. The van der Waals surface area contributed by atoms with Crippen LogP contribution in [0.5, 0.6) is 11.5 Å². The Bertz CT molecular complexity index is 840. The minimum absolute atomic E-state index is 0.148. The molecule has 3 heteroatoms. The zero-order valence-electron chi connectivity index (χ0n) is 14.4. The number of benzene rings is 2. The Hall–Kier alpha value is -2.42. The third-order valence-corrected chi connectivity index (χ3v) is 4.18. The highest BCUT2D eigenvalue weighted by atomic mass is 16.5. The zero-order valence-corrected chi connectivity index (χ0v) is 14.4. The molecule has 0 aliphatic heterocycles. The van der Waals surface area contributed by atoms with Crippen LogP contribution in [-0.4, -0.2) is 19.2 Å². The Labute approximate surface area is 137 Å². The van der Waals surface area contributed by atoms with Gasteiger partial charge in [-0.25, -0.2) is 0 Å². The van der Waals surface area contributed by atoms with Crippen molar-refractivity contribution >= 4 is 10.9 Å². The molecule has 0 saturated heterocycles. The molecular formula is C20H23NO2. The average molecular weight is 309 g/mol. The highest BCUT2D eigenvalue weighted by molar-refractivity contribution is 5.87. The summed E-state index contributed by atoms with van der Waals surface area (Å²) in [7, 11) is 3.30. The van der Waals surface area contributed by atoms with Crippen LogP contribution >= 0.6 is 0 Å². The van der Waals surface area contributed by atoms with Crippen LogP contribution in [0.1, 0.15) is 26.3 Å². The number of methoxy groups -OCH3 is 2. The number of hydrogen-bond donors (Lipinski definition) is 1. The summed E-state index contributed by atoms with van der Waals surface area (Å²) < 4.78 is 10.7. The van der Waals surface area contributed by atoms with E-state index in [2.05, 4.69) is 50.0 Å². The number of ether oxygens (including phenoxy) is 2. The molecule has 0 amide bonds. The van der Waals surface area contributed by atoms with Crippen LogP contribution in [0.3, 0.4) is 0 Å². The summed E-state index contributed by atoms with van der Waals surface area (Å²) in [4.78, 5) is 3.48. The van der Waals surface area contributed by atoms with Gasteiger partial charge in [0.15, 0.2) is 11.5 Å². The van der Waals surface area contributed by atoms with E-state index < -0.39 is 0 Å². The van der Waals surface area contributed by atoms with E-state index >= 15 is 0 Å². The first kappa shape index (κ1) is 15.5. The van der Waals surface area contributed by atoms with Gasteiger partial charge in [0.25, 0.3) is 0 Å². The number of nitrogens with one attached hydrogen (secondary N) is 1. The Balaban J connectivity index is 2.07. The third kappa shape index (κ3) is 2.91. The summed E-state index contributed by atoms with van der Waals surface area (Å²) >= 11 is 0. The first-order valence-corrected chi connectivity index (χ1v) is 7.78. The highest BCUT2D eigenvalue weighted by Gasteiger charge is 2.15. The topological polar surface area (TPSA) is 34.2 Å². The molecule has 0 unspecified atom stereocenters. The summed E-state index contributed by atoms with van der Waals surface area (Å²) in [6, 6.07) is 14.8. The maximum absolute atomic E-state index is 5.40. The van der Waals surface area contributed by atoms with E-state index in [4.69, 9.17) is 9.47 Å². The van der Waals surface area contributed by atoms with Gasteiger partial charge in [-0.1, -0.05) is 26.8 Å². The second-order valence-corrected chi connectivity index (χ2v) is 6.80. The van der Waals surface area contributed by atoms with Crippen LogP contribution in [0, 0.1) is 0 Å². The number of H-pyrrole nitrogens is 1. The first-order valence-electron chi connectivity index (χ1n) is 7.78. The summed E-state index contributed by atoms with van der Waals surface area (Å²) in [6.45, 7) is 6.70. The van der Waals surface area contributed by atoms with Crippen molar-refractivity contribution in [1.82, 2.24) is 4.98 Å². The van der Waals surface area contributed by atoms with Crippen molar-refractivity contribution in [2.24, 2.45) is 0 Å². The lowest BCUT2D eigenvalue weighted by Gasteiger charge is -2.18. The van der Waals surface area contributed by atoms with Crippen molar-refractivity contribution in [3.63, 3.8) is 0 Å². The fourth-order valence-electron chi connectivity index (χ4n) is 2.76. The lowest BCUT2D eigenvalue weighted by Crippen LogP contribution is -2.10. The molecule has 3 nitrogen and oxygen atoms in total. The summed E-state index contributed by atoms with van der Waals surface area (Å²) in [6.07, 6.45) is 0. The van der Waals surface area contributed by atoms with Gasteiger partial charge in [0.05, 0.1) is 14.2 Å². The molecule has 0 atom stereocenters. The van der Waals surface area contributed by atoms with Crippen molar-refractivity contribution in [3.05, 3.63) is 48.0 Å². The van der Waals surface area contributed by atoms with Crippen molar-refractivity contribution in [2.75, 3.05) is 14.2 Å². The maximum atomic E-state index is 5.40. The predicted octanol–water partition coefficient (Wildman–Crippen LogP) is 5.15. The van der Waals surface area contributed by atoms with Crippen LogP contribution in [0.4, 0.5) is 0 Å². The molecule has 3 rings (SSSR count). The molecule has 3 aromatic rings. The van der Waals surface area contributed by atoms with Crippen molar-refractivity contribution in [2.45, 2.75) is 26.2 Å². The second kappa shape index (κ2) is 5.65. The molecule has 2 aromatic carbocycles. The van der Waals surface area contributed by atoms with Gasteiger partial charge in [-0.2, -0.15) is 0 Å². The standard InChI is InChI=1S/C20H23NO2/c1-20(2,3)15-7-8-16-14(10-15)11-17(21-16)13-6-9-18(22-4)19(12-13)23-5/h6-12,21H,1-5H3. The van der Waals surface area contributed by atoms with Crippen LogP contribution in [0.25, 0.3) is 22.2 Å². The fourth-order valence-corrected chi connectivity index (χ4v) is 2.76. The molecule has 0 spiro atoms. The van der Waals surface area contributed by atoms with E-state index in [0.717, 1.165) is 28.3 Å². The molecule has 0 bridgehead atoms. The summed E-state index contributed by atoms with van der Waals surface area (Å²) in [5.41, 5.74) is 4.78. The monoisotopic (exact) mass is 309 g/mol. The van der Waals surface area contributed by atoms with Gasteiger partial charge in [0.2, 0.25) is 0 Å². The smallest absolute Gasteiger partial charge is 0.161 e. The van der Waals surface area contributed by atoms with Crippen LogP contribution in [-0.2, 0) is 5.41 Å². The molecule has 1 aromatic heterocycles. The van der Waals surface area contributed by atoms with Gasteiger partial charge in [-0.05, 0) is 47.4 Å². The van der Waals surface area contributed by atoms with Gasteiger partial charge >= 0.3 is 0 Å². The Morgan fingerprint density at radius 2 is 1.57 bits per heavy atom. The normalized spacial score (nSPS) is 11.7. The number of rotatable bonds is 3. The van der Waals surface area contributed by atoms with E-state index in [1.54, 1.807) is 14.2 Å². The fraction of sp³-hybridized carbons (Fsp3) is 0.300. The van der Waals surface area contributed by atoms with E-state index in [-0.39, 0.29) is 5.41 Å². The molecule has 23 heavy (non-hydrogen) atoms. The third-order valence-electron chi connectivity index (χ3n) is 4.18. The van der Waals surface area contributed by atoms with E-state index in [0.29, 0.717) is 0 Å². The molecular weight excluding hydrogens is 286 g/mol. The Morgan fingerprint density at radius 1 is 0.826 bits per heavy atom. The maximum Gasteiger partial charge on any atom is 0.161 e. The molecule has 0 radical (unpaired) electrons. The SMILES string of the molecule is COc1ccc(-c2cc3cc(C(C)(C)C)ccc3[nH]2)cc1OC. The number of aromatic amines is 1. The van der Waals surface area contributed by atoms with E-state index in [9.17, 15) is 0 Å². The largest absolute Gasteiger partial charge is 0.493 e. The quantitative estimate of drug-likeness (QED) is 0.726. The van der Waals surface area contributed by atoms with Crippen LogP contribution in [0.15, 0.2) is 42.5 Å². The molecule has 0 aliphatic rings.